The number of furan rings is 1. The van der Waals surface area contributed by atoms with Crippen LogP contribution in [0.1, 0.15) is 29.4 Å². The predicted octanol–water partition coefficient (Wildman–Crippen LogP) is 4.20. The molecule has 0 aliphatic rings. The van der Waals surface area contributed by atoms with Crippen molar-refractivity contribution in [3.63, 3.8) is 0 Å². The van der Waals surface area contributed by atoms with Crippen molar-refractivity contribution in [2.45, 2.75) is 18.9 Å². The van der Waals surface area contributed by atoms with Gasteiger partial charge >= 0.3 is 5.97 Å². The van der Waals surface area contributed by atoms with Crippen molar-refractivity contribution in [2.24, 2.45) is 0 Å². The van der Waals surface area contributed by atoms with E-state index >= 15 is 0 Å². The van der Waals surface area contributed by atoms with Gasteiger partial charge in [-0.15, -0.1) is 0 Å². The zero-order valence-electron chi connectivity index (χ0n) is 15.7. The first kappa shape index (κ1) is 19.5. The van der Waals surface area contributed by atoms with Crippen molar-refractivity contribution >= 4 is 5.97 Å². The van der Waals surface area contributed by atoms with Crippen molar-refractivity contribution in [1.29, 1.82) is 0 Å². The molecule has 0 aliphatic heterocycles. The highest BCUT2D eigenvalue weighted by Crippen LogP contribution is 2.42. The molecule has 3 aromatic rings. The first-order chi connectivity index (χ1) is 13.5. The SMILES string of the molecule is COC(=O)CCc1ccc(-c2c(O)cc(O)cc2C(OC)c2ccccc2)o1. The third-order valence-electron chi connectivity index (χ3n) is 4.46. The van der Waals surface area contributed by atoms with Crippen LogP contribution >= 0.6 is 0 Å². The van der Waals surface area contributed by atoms with Gasteiger partial charge in [0.2, 0.25) is 0 Å². The number of aromatic hydroxyl groups is 2. The van der Waals surface area contributed by atoms with Crippen LogP contribution < -0.4 is 0 Å². The molecule has 6 nitrogen and oxygen atoms in total. The topological polar surface area (TPSA) is 89.1 Å². The highest BCUT2D eigenvalue weighted by Gasteiger charge is 2.24. The van der Waals surface area contributed by atoms with Crippen LogP contribution in [0.4, 0.5) is 0 Å². The van der Waals surface area contributed by atoms with Crippen molar-refractivity contribution in [1.82, 2.24) is 0 Å². The van der Waals surface area contributed by atoms with E-state index in [-0.39, 0.29) is 23.9 Å². The smallest absolute Gasteiger partial charge is 0.305 e. The quantitative estimate of drug-likeness (QED) is 0.596. The zero-order valence-corrected chi connectivity index (χ0v) is 15.7. The molecule has 28 heavy (non-hydrogen) atoms. The summed E-state index contributed by atoms with van der Waals surface area (Å²) in [4.78, 5) is 11.3. The summed E-state index contributed by atoms with van der Waals surface area (Å²) in [5.74, 6) is 0.487. The van der Waals surface area contributed by atoms with Crippen LogP contribution in [0.5, 0.6) is 11.5 Å². The zero-order chi connectivity index (χ0) is 20.1. The van der Waals surface area contributed by atoms with E-state index in [1.54, 1.807) is 25.3 Å². The number of hydrogen-bond acceptors (Lipinski definition) is 6. The normalized spacial score (nSPS) is 11.9. The Hall–Kier alpha value is -3.25. The minimum Gasteiger partial charge on any atom is -0.508 e. The van der Waals surface area contributed by atoms with E-state index in [4.69, 9.17) is 9.15 Å². The Morgan fingerprint density at radius 1 is 1.07 bits per heavy atom. The second-order valence-electron chi connectivity index (χ2n) is 6.30. The summed E-state index contributed by atoms with van der Waals surface area (Å²) in [6.45, 7) is 0. The molecule has 146 valence electrons. The van der Waals surface area contributed by atoms with Crippen LogP contribution in [0.25, 0.3) is 11.3 Å². The largest absolute Gasteiger partial charge is 0.508 e. The lowest BCUT2D eigenvalue weighted by atomic mass is 9.94. The number of ether oxygens (including phenoxy) is 2. The monoisotopic (exact) mass is 382 g/mol. The van der Waals surface area contributed by atoms with Gasteiger partial charge in [-0.25, -0.2) is 0 Å². The fourth-order valence-electron chi connectivity index (χ4n) is 3.15. The van der Waals surface area contributed by atoms with E-state index in [9.17, 15) is 15.0 Å². The van der Waals surface area contributed by atoms with Crippen LogP contribution in [-0.4, -0.2) is 30.4 Å². The number of hydrogen-bond donors (Lipinski definition) is 2. The molecule has 0 radical (unpaired) electrons. The predicted molar refractivity (Wildman–Crippen MR) is 103 cm³/mol. The lowest BCUT2D eigenvalue weighted by Gasteiger charge is -2.20. The maximum absolute atomic E-state index is 11.3. The molecule has 2 N–H and O–H groups in total. The summed E-state index contributed by atoms with van der Waals surface area (Å²) >= 11 is 0. The number of methoxy groups -OCH3 is 2. The lowest BCUT2D eigenvalue weighted by Crippen LogP contribution is -2.05. The molecule has 1 atom stereocenters. The number of carbonyl (C=O) groups is 1. The van der Waals surface area contributed by atoms with E-state index in [0.717, 1.165) is 5.56 Å². The van der Waals surface area contributed by atoms with Gasteiger partial charge in [-0.3, -0.25) is 4.79 Å². The van der Waals surface area contributed by atoms with Crippen molar-refractivity contribution < 1.29 is 28.9 Å². The van der Waals surface area contributed by atoms with Gasteiger partial charge in [-0.2, -0.15) is 0 Å². The van der Waals surface area contributed by atoms with Gasteiger partial charge in [-0.1, -0.05) is 30.3 Å². The summed E-state index contributed by atoms with van der Waals surface area (Å²) in [6.07, 6.45) is 0.0633. The Kier molecular flexibility index (Phi) is 6.01. The van der Waals surface area contributed by atoms with Gasteiger partial charge in [0.15, 0.2) is 0 Å². The minimum absolute atomic E-state index is 0.0771. The third-order valence-corrected chi connectivity index (χ3v) is 4.46. The Balaban J connectivity index is 2.02. The number of carbonyl (C=O) groups excluding carboxylic acids is 1. The summed E-state index contributed by atoms with van der Waals surface area (Å²) in [5.41, 5.74) is 1.87. The van der Waals surface area contributed by atoms with E-state index in [2.05, 4.69) is 4.74 Å². The molecule has 0 spiro atoms. The van der Waals surface area contributed by atoms with Crippen LogP contribution in [0, 0.1) is 0 Å². The molecule has 0 bridgehead atoms. The minimum atomic E-state index is -0.516. The number of esters is 1. The Labute approximate surface area is 163 Å². The Bertz CT molecular complexity index is 945. The molecule has 0 amide bonds. The maximum Gasteiger partial charge on any atom is 0.305 e. The Morgan fingerprint density at radius 2 is 1.82 bits per heavy atom. The Morgan fingerprint density at radius 3 is 2.50 bits per heavy atom. The molecular weight excluding hydrogens is 360 g/mol. The number of phenols is 2. The van der Waals surface area contributed by atoms with E-state index in [0.29, 0.717) is 29.1 Å². The van der Waals surface area contributed by atoms with E-state index < -0.39 is 6.10 Å². The average molecular weight is 382 g/mol. The number of benzene rings is 2. The molecular formula is C22H22O6. The first-order valence-corrected chi connectivity index (χ1v) is 8.83. The summed E-state index contributed by atoms with van der Waals surface area (Å²) in [7, 11) is 2.90. The highest BCUT2D eigenvalue weighted by atomic mass is 16.5. The molecule has 0 saturated carbocycles. The van der Waals surface area contributed by atoms with Gasteiger partial charge < -0.3 is 24.1 Å². The summed E-state index contributed by atoms with van der Waals surface area (Å²) in [5, 5.41) is 20.6. The molecule has 1 heterocycles. The first-order valence-electron chi connectivity index (χ1n) is 8.83. The number of aryl methyl sites for hydroxylation is 1. The van der Waals surface area contributed by atoms with Crippen LogP contribution in [0.2, 0.25) is 0 Å². The van der Waals surface area contributed by atoms with Gasteiger partial charge in [0.05, 0.1) is 19.1 Å². The van der Waals surface area contributed by atoms with Crippen LogP contribution in [-0.2, 0) is 20.7 Å². The van der Waals surface area contributed by atoms with Crippen molar-refractivity contribution in [2.75, 3.05) is 14.2 Å². The fraction of sp³-hybridized carbons (Fsp3) is 0.227. The molecule has 6 heteroatoms. The molecule has 0 saturated heterocycles. The molecule has 2 aromatic carbocycles. The van der Waals surface area contributed by atoms with Crippen LogP contribution in [0.15, 0.2) is 59.0 Å². The van der Waals surface area contributed by atoms with Crippen molar-refractivity contribution in [3.05, 3.63) is 71.5 Å². The second-order valence-corrected chi connectivity index (χ2v) is 6.30. The lowest BCUT2D eigenvalue weighted by molar-refractivity contribution is -0.140. The third kappa shape index (κ3) is 4.18. The number of rotatable bonds is 7. The van der Waals surface area contributed by atoms with E-state index in [1.807, 2.05) is 30.3 Å². The van der Waals surface area contributed by atoms with Crippen LogP contribution in [0.3, 0.4) is 0 Å². The summed E-state index contributed by atoms with van der Waals surface area (Å²) in [6, 6.07) is 15.8. The molecule has 3 rings (SSSR count). The molecule has 1 aromatic heterocycles. The number of phenolic OH excluding ortho intramolecular Hbond substituents is 2. The van der Waals surface area contributed by atoms with Gasteiger partial charge in [0.25, 0.3) is 0 Å². The second kappa shape index (κ2) is 8.63. The van der Waals surface area contributed by atoms with Gasteiger partial charge in [-0.05, 0) is 23.8 Å². The van der Waals surface area contributed by atoms with E-state index in [1.165, 1.54) is 13.2 Å². The standard InChI is InChI=1S/C22H22O6/c1-26-20(25)11-9-16-8-10-19(28-16)21-17(12-15(23)13-18(21)24)22(27-2)14-6-4-3-5-7-14/h3-8,10,12-13,22-24H,9,11H2,1-2H3. The van der Waals surface area contributed by atoms with Gasteiger partial charge in [0.1, 0.15) is 29.1 Å². The molecule has 0 fully saturated rings. The highest BCUT2D eigenvalue weighted by molar-refractivity contribution is 5.73. The summed E-state index contributed by atoms with van der Waals surface area (Å²) < 4.78 is 16.2. The fourth-order valence-corrected chi connectivity index (χ4v) is 3.15. The van der Waals surface area contributed by atoms with Gasteiger partial charge in [0, 0.05) is 25.2 Å². The average Bonchev–Trinajstić information content (AvgIpc) is 3.15. The molecule has 1 unspecified atom stereocenters. The molecule has 0 aliphatic carbocycles. The van der Waals surface area contributed by atoms with Crippen molar-refractivity contribution in [3.8, 4) is 22.8 Å². The maximum atomic E-state index is 11.3.